The normalized spacial score (nSPS) is 23.4. The summed E-state index contributed by atoms with van der Waals surface area (Å²) in [5.41, 5.74) is 0.0513. The van der Waals surface area contributed by atoms with Crippen LogP contribution in [0.2, 0.25) is 19.6 Å². The lowest BCUT2D eigenvalue weighted by Gasteiger charge is -2.37. The zero-order valence-electron chi connectivity index (χ0n) is 10.5. The molecule has 17 heavy (non-hydrogen) atoms. The van der Waals surface area contributed by atoms with Gasteiger partial charge in [0.05, 0.1) is 6.61 Å². The summed E-state index contributed by atoms with van der Waals surface area (Å²) in [5.74, 6) is 0.776. The van der Waals surface area contributed by atoms with Crippen molar-refractivity contribution >= 4 is 8.32 Å². The summed E-state index contributed by atoms with van der Waals surface area (Å²) in [7, 11) is -1.78. The van der Waals surface area contributed by atoms with E-state index in [4.69, 9.17) is 9.16 Å². The van der Waals surface area contributed by atoms with Crippen LogP contribution >= 0.6 is 0 Å². The van der Waals surface area contributed by atoms with E-state index in [1.165, 1.54) is 0 Å². The minimum atomic E-state index is -1.78. The number of nitrogens with zero attached hydrogens (tertiary/aromatic N) is 1. The van der Waals surface area contributed by atoms with Crippen LogP contribution in [0.15, 0.2) is 24.3 Å². The number of fused-ring (bicyclic) bond motifs is 1. The Morgan fingerprint density at radius 3 is 2.71 bits per heavy atom. The SMILES string of the molecule is C[Si](C)(C)O[C@@]1(C#N)CCOc2ccccc21. The second-order valence-corrected chi connectivity index (χ2v) is 9.68. The zero-order chi connectivity index (χ0) is 12.5. The molecule has 0 radical (unpaired) electrons. The van der Waals surface area contributed by atoms with Gasteiger partial charge in [-0.3, -0.25) is 0 Å². The van der Waals surface area contributed by atoms with Gasteiger partial charge in [0.2, 0.25) is 0 Å². The molecule has 4 heteroatoms. The summed E-state index contributed by atoms with van der Waals surface area (Å²) in [6.07, 6.45) is 0.602. The molecular weight excluding hydrogens is 230 g/mol. The molecule has 1 aliphatic rings. The minimum Gasteiger partial charge on any atom is -0.493 e. The Kier molecular flexibility index (Phi) is 2.98. The van der Waals surface area contributed by atoms with Crippen LogP contribution in [0.1, 0.15) is 12.0 Å². The minimum absolute atomic E-state index is 0.537. The molecule has 1 aromatic rings. The summed E-state index contributed by atoms with van der Waals surface area (Å²) in [6.45, 7) is 6.84. The number of hydrogen-bond acceptors (Lipinski definition) is 3. The highest BCUT2D eigenvalue weighted by Crippen LogP contribution is 2.40. The van der Waals surface area contributed by atoms with Crippen LogP contribution in [-0.2, 0) is 10.0 Å². The first-order valence-corrected chi connectivity index (χ1v) is 9.21. The van der Waals surface area contributed by atoms with Gasteiger partial charge < -0.3 is 9.16 Å². The monoisotopic (exact) mass is 247 g/mol. The molecule has 0 bridgehead atoms. The van der Waals surface area contributed by atoms with Crippen molar-refractivity contribution in [1.82, 2.24) is 0 Å². The maximum atomic E-state index is 9.54. The molecular formula is C13H17NO2Si. The number of benzene rings is 1. The van der Waals surface area contributed by atoms with Crippen LogP contribution in [0.3, 0.4) is 0 Å². The molecule has 1 heterocycles. The van der Waals surface area contributed by atoms with Gasteiger partial charge in [-0.2, -0.15) is 5.26 Å². The Morgan fingerprint density at radius 1 is 1.35 bits per heavy atom. The molecule has 2 rings (SSSR count). The van der Waals surface area contributed by atoms with Crippen LogP contribution in [0.25, 0.3) is 0 Å². The van der Waals surface area contributed by atoms with Gasteiger partial charge in [0.15, 0.2) is 13.9 Å². The highest BCUT2D eigenvalue weighted by atomic mass is 28.4. The highest BCUT2D eigenvalue weighted by molar-refractivity contribution is 6.69. The van der Waals surface area contributed by atoms with Crippen molar-refractivity contribution in [3.63, 3.8) is 0 Å². The summed E-state index contributed by atoms with van der Waals surface area (Å²) in [5, 5.41) is 9.54. The van der Waals surface area contributed by atoms with Gasteiger partial charge in [-0.05, 0) is 25.7 Å². The molecule has 0 amide bonds. The lowest BCUT2D eigenvalue weighted by Crippen LogP contribution is -2.42. The van der Waals surface area contributed by atoms with E-state index in [-0.39, 0.29) is 0 Å². The van der Waals surface area contributed by atoms with E-state index in [9.17, 15) is 5.26 Å². The molecule has 0 saturated heterocycles. The first-order chi connectivity index (χ1) is 7.97. The van der Waals surface area contributed by atoms with Crippen LogP contribution < -0.4 is 4.74 Å². The Balaban J connectivity index is 2.47. The molecule has 0 spiro atoms. The number of rotatable bonds is 2. The highest BCUT2D eigenvalue weighted by Gasteiger charge is 2.42. The van der Waals surface area contributed by atoms with Crippen LogP contribution in [-0.4, -0.2) is 14.9 Å². The van der Waals surface area contributed by atoms with Crippen molar-refractivity contribution in [1.29, 1.82) is 5.26 Å². The lowest BCUT2D eigenvalue weighted by molar-refractivity contribution is 0.0664. The van der Waals surface area contributed by atoms with Crippen LogP contribution in [0, 0.1) is 11.3 Å². The average molecular weight is 247 g/mol. The Bertz CT molecular complexity index is 461. The maximum Gasteiger partial charge on any atom is 0.186 e. The van der Waals surface area contributed by atoms with E-state index < -0.39 is 13.9 Å². The van der Waals surface area contributed by atoms with Crippen LogP contribution in [0.5, 0.6) is 5.75 Å². The molecule has 0 aromatic heterocycles. The molecule has 1 atom stereocenters. The number of nitriles is 1. The second-order valence-electron chi connectivity index (χ2n) is 5.25. The lowest BCUT2D eigenvalue weighted by atomic mass is 9.90. The Labute approximate surface area is 103 Å². The Morgan fingerprint density at radius 2 is 2.06 bits per heavy atom. The number of para-hydroxylation sites is 1. The molecule has 0 fully saturated rings. The molecule has 0 aliphatic carbocycles. The molecule has 1 aliphatic heterocycles. The van der Waals surface area contributed by atoms with Crippen molar-refractivity contribution in [2.24, 2.45) is 0 Å². The average Bonchev–Trinajstić information content (AvgIpc) is 2.27. The maximum absolute atomic E-state index is 9.54. The van der Waals surface area contributed by atoms with Gasteiger partial charge in [-0.25, -0.2) is 0 Å². The smallest absolute Gasteiger partial charge is 0.186 e. The third kappa shape index (κ3) is 2.35. The third-order valence-electron chi connectivity index (χ3n) is 2.69. The largest absolute Gasteiger partial charge is 0.493 e. The van der Waals surface area contributed by atoms with Crippen molar-refractivity contribution in [2.45, 2.75) is 31.7 Å². The van der Waals surface area contributed by atoms with Gasteiger partial charge in [0.25, 0.3) is 0 Å². The topological polar surface area (TPSA) is 42.2 Å². The van der Waals surface area contributed by atoms with Gasteiger partial charge >= 0.3 is 0 Å². The van der Waals surface area contributed by atoms with Crippen molar-refractivity contribution in [3.05, 3.63) is 29.8 Å². The predicted molar refractivity (Wildman–Crippen MR) is 68.3 cm³/mol. The number of ether oxygens (including phenoxy) is 1. The van der Waals surface area contributed by atoms with Crippen molar-refractivity contribution < 1.29 is 9.16 Å². The predicted octanol–water partition coefficient (Wildman–Crippen LogP) is 3.04. The number of hydrogen-bond donors (Lipinski definition) is 0. The van der Waals surface area contributed by atoms with Gasteiger partial charge in [0.1, 0.15) is 11.8 Å². The summed E-state index contributed by atoms with van der Waals surface area (Å²) >= 11 is 0. The quantitative estimate of drug-likeness (QED) is 0.754. The fourth-order valence-electron chi connectivity index (χ4n) is 2.13. The van der Waals surface area contributed by atoms with E-state index in [1.807, 2.05) is 24.3 Å². The van der Waals surface area contributed by atoms with Crippen molar-refractivity contribution in [2.75, 3.05) is 6.61 Å². The summed E-state index contributed by atoms with van der Waals surface area (Å²) < 4.78 is 11.7. The first kappa shape index (κ1) is 12.2. The Hall–Kier alpha value is -1.31. The van der Waals surface area contributed by atoms with E-state index in [0.29, 0.717) is 13.0 Å². The molecule has 0 N–H and O–H groups in total. The van der Waals surface area contributed by atoms with Gasteiger partial charge in [-0.1, -0.05) is 18.2 Å². The van der Waals surface area contributed by atoms with E-state index >= 15 is 0 Å². The van der Waals surface area contributed by atoms with E-state index in [1.54, 1.807) is 0 Å². The van der Waals surface area contributed by atoms with E-state index in [0.717, 1.165) is 11.3 Å². The van der Waals surface area contributed by atoms with Crippen molar-refractivity contribution in [3.8, 4) is 11.8 Å². The molecule has 3 nitrogen and oxygen atoms in total. The zero-order valence-corrected chi connectivity index (χ0v) is 11.5. The van der Waals surface area contributed by atoms with E-state index in [2.05, 4.69) is 25.7 Å². The fourth-order valence-corrected chi connectivity index (χ4v) is 3.44. The standard InChI is InChI=1S/C13H17NO2Si/c1-17(2,3)16-13(10-14)8-9-15-12-7-5-4-6-11(12)13/h4-7H,8-9H2,1-3H3/t13-/m1/s1. The summed E-state index contributed by atoms with van der Waals surface area (Å²) in [4.78, 5) is 0. The van der Waals surface area contributed by atoms with Gasteiger partial charge in [-0.15, -0.1) is 0 Å². The summed E-state index contributed by atoms with van der Waals surface area (Å²) in [6, 6.07) is 10.0. The van der Waals surface area contributed by atoms with Gasteiger partial charge in [0, 0.05) is 12.0 Å². The molecule has 0 unspecified atom stereocenters. The first-order valence-electron chi connectivity index (χ1n) is 5.81. The molecule has 0 saturated carbocycles. The van der Waals surface area contributed by atoms with Crippen LogP contribution in [0.4, 0.5) is 0 Å². The third-order valence-corrected chi connectivity index (χ3v) is 3.66. The second kappa shape index (κ2) is 4.17. The molecule has 90 valence electrons. The molecule has 1 aromatic carbocycles. The fraction of sp³-hybridized carbons (Fsp3) is 0.462.